The minimum Gasteiger partial charge on any atom is -0.381 e. The predicted molar refractivity (Wildman–Crippen MR) is 72.6 cm³/mol. The normalized spacial score (nSPS) is 14.3. The smallest absolute Gasteiger partial charge is 0.243 e. The molecule has 0 heterocycles. The van der Waals surface area contributed by atoms with Crippen molar-refractivity contribution in [3.8, 4) is 0 Å². The average molecular weight is 301 g/mol. The van der Waals surface area contributed by atoms with Crippen molar-refractivity contribution in [2.45, 2.75) is 10.5 Å². The summed E-state index contributed by atoms with van der Waals surface area (Å²) in [5.41, 5.74) is -1.73. The first-order valence-corrected chi connectivity index (χ1v) is 7.61. The number of alkyl halides is 1. The third-order valence-electron chi connectivity index (χ3n) is 2.78. The zero-order chi connectivity index (χ0) is 15.4. The first-order valence-electron chi connectivity index (χ1n) is 5.72. The SMILES string of the molecule is C=CC(=O)NC[C@](O)(CF)c1ccc(S(C)(=O)=O)cc1. The minimum absolute atomic E-state index is 0.0672. The Kier molecular flexibility index (Phi) is 5.02. The number of carbonyl (C=O) groups excluding carboxylic acids is 1. The molecule has 1 atom stereocenters. The van der Waals surface area contributed by atoms with Crippen LogP contribution in [0.1, 0.15) is 5.56 Å². The highest BCUT2D eigenvalue weighted by Gasteiger charge is 2.30. The number of sulfone groups is 1. The van der Waals surface area contributed by atoms with Crippen LogP contribution in [0.4, 0.5) is 4.39 Å². The molecule has 110 valence electrons. The van der Waals surface area contributed by atoms with E-state index in [4.69, 9.17) is 0 Å². The molecule has 0 saturated heterocycles. The molecule has 0 saturated carbocycles. The first kappa shape index (κ1) is 16.3. The van der Waals surface area contributed by atoms with E-state index < -0.39 is 28.0 Å². The van der Waals surface area contributed by atoms with Gasteiger partial charge in [-0.05, 0) is 23.8 Å². The largest absolute Gasteiger partial charge is 0.381 e. The van der Waals surface area contributed by atoms with Crippen molar-refractivity contribution >= 4 is 15.7 Å². The van der Waals surface area contributed by atoms with Crippen molar-refractivity contribution in [1.82, 2.24) is 5.32 Å². The quantitative estimate of drug-likeness (QED) is 0.752. The van der Waals surface area contributed by atoms with Crippen LogP contribution in [0, 0.1) is 0 Å². The van der Waals surface area contributed by atoms with Gasteiger partial charge in [-0.1, -0.05) is 18.7 Å². The lowest BCUT2D eigenvalue weighted by molar-refractivity contribution is -0.118. The topological polar surface area (TPSA) is 83.5 Å². The Morgan fingerprint density at radius 2 is 2.00 bits per heavy atom. The number of halogens is 1. The zero-order valence-corrected chi connectivity index (χ0v) is 11.8. The Hall–Kier alpha value is -1.73. The van der Waals surface area contributed by atoms with E-state index in [-0.39, 0.29) is 17.0 Å². The standard InChI is InChI=1S/C13H16FNO4S/c1-3-12(16)15-9-13(17,8-14)10-4-6-11(7-5-10)20(2,18)19/h3-7,17H,1,8-9H2,2H3,(H,15,16)/t13-/m1/s1. The van der Waals surface area contributed by atoms with Gasteiger partial charge in [0, 0.05) is 6.26 Å². The van der Waals surface area contributed by atoms with Gasteiger partial charge in [-0.3, -0.25) is 4.79 Å². The summed E-state index contributed by atoms with van der Waals surface area (Å²) >= 11 is 0. The molecule has 0 unspecified atom stereocenters. The zero-order valence-electron chi connectivity index (χ0n) is 11.0. The number of aliphatic hydroxyl groups is 1. The first-order chi connectivity index (χ1) is 9.23. The Balaban J connectivity index is 3.00. The molecule has 1 aromatic carbocycles. The molecule has 0 bridgehead atoms. The molecule has 0 aliphatic rings. The van der Waals surface area contributed by atoms with Crippen LogP contribution in [0.25, 0.3) is 0 Å². The molecule has 0 spiro atoms. The summed E-state index contributed by atoms with van der Waals surface area (Å²) in [6.07, 6.45) is 2.05. The van der Waals surface area contributed by atoms with Gasteiger partial charge in [0.2, 0.25) is 5.91 Å². The van der Waals surface area contributed by atoms with E-state index in [2.05, 4.69) is 11.9 Å². The van der Waals surface area contributed by atoms with Crippen molar-refractivity contribution in [2.75, 3.05) is 19.5 Å². The van der Waals surface area contributed by atoms with E-state index in [0.717, 1.165) is 12.3 Å². The highest BCUT2D eigenvalue weighted by atomic mass is 32.2. The van der Waals surface area contributed by atoms with Crippen LogP contribution in [0.3, 0.4) is 0 Å². The number of hydrogen-bond acceptors (Lipinski definition) is 4. The third kappa shape index (κ3) is 3.88. The summed E-state index contributed by atoms with van der Waals surface area (Å²) in [7, 11) is -3.36. The summed E-state index contributed by atoms with van der Waals surface area (Å²) in [6, 6.07) is 5.19. The maximum Gasteiger partial charge on any atom is 0.243 e. The molecule has 1 amide bonds. The minimum atomic E-state index is -3.36. The van der Waals surface area contributed by atoms with Crippen LogP contribution < -0.4 is 5.32 Å². The molecule has 0 aliphatic carbocycles. The van der Waals surface area contributed by atoms with Crippen LogP contribution in [0.15, 0.2) is 41.8 Å². The molecule has 0 radical (unpaired) electrons. The van der Waals surface area contributed by atoms with Crippen LogP contribution in [-0.2, 0) is 20.2 Å². The molecule has 0 aromatic heterocycles. The molecular weight excluding hydrogens is 285 g/mol. The second-order valence-electron chi connectivity index (χ2n) is 4.38. The van der Waals surface area contributed by atoms with Crippen LogP contribution in [0.5, 0.6) is 0 Å². The summed E-state index contributed by atoms with van der Waals surface area (Å²) in [5.74, 6) is -0.537. The molecule has 0 fully saturated rings. The summed E-state index contributed by atoms with van der Waals surface area (Å²) in [5, 5.41) is 12.5. The van der Waals surface area contributed by atoms with Crippen LogP contribution in [-0.4, -0.2) is 38.9 Å². The van der Waals surface area contributed by atoms with E-state index in [0.29, 0.717) is 0 Å². The summed E-state index contributed by atoms with van der Waals surface area (Å²) in [4.78, 5) is 11.1. The molecule has 1 rings (SSSR count). The van der Waals surface area contributed by atoms with E-state index in [9.17, 15) is 22.7 Å². The molecule has 2 N–H and O–H groups in total. The van der Waals surface area contributed by atoms with Crippen molar-refractivity contribution in [3.05, 3.63) is 42.5 Å². The van der Waals surface area contributed by atoms with Gasteiger partial charge in [0.05, 0.1) is 11.4 Å². The lowest BCUT2D eigenvalue weighted by Crippen LogP contribution is -2.42. The van der Waals surface area contributed by atoms with Crippen molar-refractivity contribution in [2.24, 2.45) is 0 Å². The fraction of sp³-hybridized carbons (Fsp3) is 0.308. The average Bonchev–Trinajstić information content (AvgIpc) is 2.43. The Bertz CT molecular complexity index is 597. The van der Waals surface area contributed by atoms with E-state index >= 15 is 0 Å². The Morgan fingerprint density at radius 1 is 1.45 bits per heavy atom. The van der Waals surface area contributed by atoms with E-state index in [1.165, 1.54) is 24.3 Å². The van der Waals surface area contributed by atoms with E-state index in [1.54, 1.807) is 0 Å². The van der Waals surface area contributed by atoms with Gasteiger partial charge >= 0.3 is 0 Å². The molecule has 0 aliphatic heterocycles. The summed E-state index contributed by atoms with van der Waals surface area (Å²) in [6.45, 7) is 1.78. The van der Waals surface area contributed by atoms with Crippen molar-refractivity contribution in [1.29, 1.82) is 0 Å². The number of amides is 1. The Morgan fingerprint density at radius 3 is 2.40 bits per heavy atom. The second kappa shape index (κ2) is 6.15. The molecule has 20 heavy (non-hydrogen) atoms. The van der Waals surface area contributed by atoms with Gasteiger partial charge in [-0.25, -0.2) is 12.8 Å². The summed E-state index contributed by atoms with van der Waals surface area (Å²) < 4.78 is 35.7. The van der Waals surface area contributed by atoms with Gasteiger partial charge in [-0.15, -0.1) is 0 Å². The number of nitrogens with one attached hydrogen (secondary N) is 1. The van der Waals surface area contributed by atoms with Gasteiger partial charge in [-0.2, -0.15) is 0 Å². The van der Waals surface area contributed by atoms with Gasteiger partial charge in [0.1, 0.15) is 12.3 Å². The third-order valence-corrected chi connectivity index (χ3v) is 3.91. The van der Waals surface area contributed by atoms with Crippen molar-refractivity contribution in [3.63, 3.8) is 0 Å². The van der Waals surface area contributed by atoms with Gasteiger partial charge < -0.3 is 10.4 Å². The molecule has 1 aromatic rings. The maximum atomic E-state index is 13.1. The monoisotopic (exact) mass is 301 g/mol. The number of carbonyl (C=O) groups is 1. The highest BCUT2D eigenvalue weighted by Crippen LogP contribution is 2.23. The van der Waals surface area contributed by atoms with Crippen LogP contribution >= 0.6 is 0 Å². The number of benzene rings is 1. The number of hydrogen-bond donors (Lipinski definition) is 2. The molecular formula is C13H16FNO4S. The Labute approximate surface area is 117 Å². The molecule has 7 heteroatoms. The fourth-order valence-electron chi connectivity index (χ4n) is 1.54. The van der Waals surface area contributed by atoms with Gasteiger partial charge in [0.15, 0.2) is 9.84 Å². The molecule has 5 nitrogen and oxygen atoms in total. The lowest BCUT2D eigenvalue weighted by Gasteiger charge is -2.25. The fourth-order valence-corrected chi connectivity index (χ4v) is 2.17. The van der Waals surface area contributed by atoms with Crippen molar-refractivity contribution < 1.29 is 22.7 Å². The maximum absolute atomic E-state index is 13.1. The number of rotatable bonds is 6. The predicted octanol–water partition coefficient (Wildman–Crippen LogP) is 0.549. The highest BCUT2D eigenvalue weighted by molar-refractivity contribution is 7.90. The van der Waals surface area contributed by atoms with Gasteiger partial charge in [0.25, 0.3) is 0 Å². The second-order valence-corrected chi connectivity index (χ2v) is 6.40. The van der Waals surface area contributed by atoms with E-state index in [1.807, 2.05) is 0 Å². The van der Waals surface area contributed by atoms with Crippen LogP contribution in [0.2, 0.25) is 0 Å². The lowest BCUT2D eigenvalue weighted by atomic mass is 9.95.